The van der Waals surface area contributed by atoms with E-state index < -0.39 is 0 Å². The summed E-state index contributed by atoms with van der Waals surface area (Å²) in [6.07, 6.45) is 4.71. The number of benzene rings is 1. The quantitative estimate of drug-likeness (QED) is 0.882. The second kappa shape index (κ2) is 6.62. The average Bonchev–Trinajstić information content (AvgIpc) is 3.10. The molecule has 0 saturated heterocycles. The molecule has 3 rings (SSSR count). The molecule has 1 aromatic heterocycles. The number of aromatic nitrogens is 2. The van der Waals surface area contributed by atoms with E-state index in [0.29, 0.717) is 23.4 Å². The highest BCUT2D eigenvalue weighted by atomic mass is 35.5. The number of imidazole rings is 1. The molecule has 1 aromatic carbocycles. The lowest BCUT2D eigenvalue weighted by Gasteiger charge is -2.20. The molecule has 122 valence electrons. The van der Waals surface area contributed by atoms with Crippen LogP contribution in [0.1, 0.15) is 30.8 Å². The highest BCUT2D eigenvalue weighted by Crippen LogP contribution is 2.47. The third-order valence-corrected chi connectivity index (χ3v) is 4.70. The first-order valence-electron chi connectivity index (χ1n) is 7.80. The summed E-state index contributed by atoms with van der Waals surface area (Å²) in [5.41, 5.74) is 1.09. The number of urea groups is 1. The maximum absolute atomic E-state index is 12.3. The van der Waals surface area contributed by atoms with E-state index in [1.165, 1.54) is 0 Å². The molecule has 0 bridgehead atoms. The van der Waals surface area contributed by atoms with Crippen LogP contribution in [-0.2, 0) is 13.6 Å². The van der Waals surface area contributed by atoms with Gasteiger partial charge in [0.2, 0.25) is 0 Å². The molecule has 23 heavy (non-hydrogen) atoms. The molecule has 2 N–H and O–H groups in total. The monoisotopic (exact) mass is 332 g/mol. The Morgan fingerprint density at radius 1 is 1.43 bits per heavy atom. The fourth-order valence-corrected chi connectivity index (χ4v) is 2.97. The lowest BCUT2D eigenvalue weighted by Crippen LogP contribution is -2.39. The number of aryl methyl sites for hydroxylation is 1. The third-order valence-electron chi connectivity index (χ3n) is 4.44. The molecule has 0 aliphatic heterocycles. The fraction of sp³-hybridized carbons (Fsp3) is 0.412. The number of carbonyl (C=O) groups is 1. The van der Waals surface area contributed by atoms with Gasteiger partial charge in [0.1, 0.15) is 5.82 Å². The van der Waals surface area contributed by atoms with Gasteiger partial charge in [-0.05, 0) is 36.0 Å². The van der Waals surface area contributed by atoms with E-state index in [1.807, 2.05) is 42.1 Å². The third kappa shape index (κ3) is 3.85. The zero-order chi connectivity index (χ0) is 16.4. The molecule has 5 nitrogen and oxygen atoms in total. The van der Waals surface area contributed by atoms with Crippen LogP contribution in [0.5, 0.6) is 0 Å². The van der Waals surface area contributed by atoms with Crippen molar-refractivity contribution >= 4 is 17.6 Å². The minimum absolute atomic E-state index is 0.0173. The van der Waals surface area contributed by atoms with E-state index in [0.717, 1.165) is 17.8 Å². The van der Waals surface area contributed by atoms with Gasteiger partial charge in [-0.3, -0.25) is 0 Å². The van der Waals surface area contributed by atoms with Crippen molar-refractivity contribution in [3.8, 4) is 0 Å². The molecular weight excluding hydrogens is 312 g/mol. The largest absolute Gasteiger partial charge is 0.337 e. The first kappa shape index (κ1) is 15.9. The Kier molecular flexibility index (Phi) is 4.57. The maximum Gasteiger partial charge on any atom is 0.315 e. The molecule has 1 aliphatic carbocycles. The number of nitrogens with zero attached hydrogens (tertiary/aromatic N) is 2. The van der Waals surface area contributed by atoms with Crippen LogP contribution in [0.4, 0.5) is 4.79 Å². The molecular formula is C17H21ClN4O. The Morgan fingerprint density at radius 3 is 2.70 bits per heavy atom. The predicted molar refractivity (Wildman–Crippen MR) is 90.0 cm³/mol. The van der Waals surface area contributed by atoms with E-state index >= 15 is 0 Å². The Balaban J connectivity index is 1.63. The van der Waals surface area contributed by atoms with Gasteiger partial charge >= 0.3 is 6.03 Å². The minimum atomic E-state index is -0.174. The van der Waals surface area contributed by atoms with Gasteiger partial charge in [0.05, 0.1) is 12.6 Å². The number of amides is 2. The van der Waals surface area contributed by atoms with E-state index in [1.54, 1.807) is 6.20 Å². The van der Waals surface area contributed by atoms with Crippen LogP contribution in [0.2, 0.25) is 5.02 Å². The van der Waals surface area contributed by atoms with Crippen LogP contribution >= 0.6 is 11.6 Å². The Hall–Kier alpha value is -2.01. The Bertz CT molecular complexity index is 682. The molecule has 3 unspecified atom stereocenters. The summed E-state index contributed by atoms with van der Waals surface area (Å²) < 4.78 is 1.89. The SMILES string of the molecule is CC1CC1C(NC(=O)NCc1nccn1C)c1ccc(Cl)cc1. The Morgan fingerprint density at radius 2 is 2.13 bits per heavy atom. The van der Waals surface area contributed by atoms with Crippen molar-refractivity contribution in [3.05, 3.63) is 53.1 Å². The van der Waals surface area contributed by atoms with Crippen LogP contribution in [-0.4, -0.2) is 15.6 Å². The van der Waals surface area contributed by atoms with Crippen molar-refractivity contribution in [1.82, 2.24) is 20.2 Å². The second-order valence-electron chi connectivity index (χ2n) is 6.19. The average molecular weight is 333 g/mol. The normalized spacial score (nSPS) is 20.8. The van der Waals surface area contributed by atoms with Crippen LogP contribution in [0, 0.1) is 11.8 Å². The molecule has 6 heteroatoms. The highest BCUT2D eigenvalue weighted by Gasteiger charge is 2.40. The van der Waals surface area contributed by atoms with Gasteiger partial charge in [-0.15, -0.1) is 0 Å². The van der Waals surface area contributed by atoms with Gasteiger partial charge in [-0.25, -0.2) is 9.78 Å². The van der Waals surface area contributed by atoms with Crippen molar-refractivity contribution < 1.29 is 4.79 Å². The van der Waals surface area contributed by atoms with E-state index in [9.17, 15) is 4.79 Å². The smallest absolute Gasteiger partial charge is 0.315 e. The number of rotatable bonds is 5. The van der Waals surface area contributed by atoms with Crippen molar-refractivity contribution in [2.45, 2.75) is 25.9 Å². The van der Waals surface area contributed by atoms with Gasteiger partial charge < -0.3 is 15.2 Å². The second-order valence-corrected chi connectivity index (χ2v) is 6.62. The van der Waals surface area contributed by atoms with Crippen molar-refractivity contribution in [1.29, 1.82) is 0 Å². The van der Waals surface area contributed by atoms with Gasteiger partial charge in [0.25, 0.3) is 0 Å². The first-order valence-corrected chi connectivity index (χ1v) is 8.18. The lowest BCUT2D eigenvalue weighted by atomic mass is 10.0. The lowest BCUT2D eigenvalue weighted by molar-refractivity contribution is 0.234. The summed E-state index contributed by atoms with van der Waals surface area (Å²) in [5, 5.41) is 6.68. The summed E-state index contributed by atoms with van der Waals surface area (Å²) in [4.78, 5) is 16.5. The van der Waals surface area contributed by atoms with Crippen LogP contribution < -0.4 is 10.6 Å². The number of carbonyl (C=O) groups excluding carboxylic acids is 1. The van der Waals surface area contributed by atoms with Crippen LogP contribution in [0.3, 0.4) is 0 Å². The molecule has 1 saturated carbocycles. The fourth-order valence-electron chi connectivity index (χ4n) is 2.84. The molecule has 1 aliphatic rings. The zero-order valence-corrected chi connectivity index (χ0v) is 14.0. The van der Waals surface area contributed by atoms with Gasteiger partial charge in [-0.1, -0.05) is 30.7 Å². The predicted octanol–water partition coefficient (Wildman–Crippen LogP) is 3.27. The summed E-state index contributed by atoms with van der Waals surface area (Å²) >= 11 is 5.96. The minimum Gasteiger partial charge on any atom is -0.337 e. The molecule has 3 atom stereocenters. The molecule has 1 heterocycles. The number of halogens is 1. The first-order chi connectivity index (χ1) is 11.0. The zero-order valence-electron chi connectivity index (χ0n) is 13.3. The summed E-state index contributed by atoms with van der Waals surface area (Å²) in [6, 6.07) is 7.54. The summed E-state index contributed by atoms with van der Waals surface area (Å²) in [6.45, 7) is 2.62. The molecule has 0 radical (unpaired) electrons. The number of hydrogen-bond acceptors (Lipinski definition) is 2. The molecule has 0 spiro atoms. The van der Waals surface area contributed by atoms with Crippen LogP contribution in [0.15, 0.2) is 36.7 Å². The van der Waals surface area contributed by atoms with Gasteiger partial charge in [0.15, 0.2) is 0 Å². The highest BCUT2D eigenvalue weighted by molar-refractivity contribution is 6.30. The Labute approximate surface area is 141 Å². The summed E-state index contributed by atoms with van der Waals surface area (Å²) in [7, 11) is 1.91. The van der Waals surface area contributed by atoms with E-state index in [-0.39, 0.29) is 12.1 Å². The van der Waals surface area contributed by atoms with E-state index in [2.05, 4.69) is 22.5 Å². The van der Waals surface area contributed by atoms with Crippen molar-refractivity contribution in [2.24, 2.45) is 18.9 Å². The topological polar surface area (TPSA) is 59.0 Å². The standard InChI is InChI=1S/C17H21ClN4O/c1-11-9-14(11)16(12-3-5-13(18)6-4-12)21-17(23)20-10-15-19-7-8-22(15)2/h3-8,11,14,16H,9-10H2,1-2H3,(H2,20,21,23). The number of nitrogens with one attached hydrogen (secondary N) is 2. The summed E-state index contributed by atoms with van der Waals surface area (Å²) in [5.74, 6) is 1.93. The molecule has 2 aromatic rings. The maximum atomic E-state index is 12.3. The van der Waals surface area contributed by atoms with Crippen molar-refractivity contribution in [2.75, 3.05) is 0 Å². The molecule has 1 fully saturated rings. The number of hydrogen-bond donors (Lipinski definition) is 2. The van der Waals surface area contributed by atoms with E-state index in [4.69, 9.17) is 11.6 Å². The van der Waals surface area contributed by atoms with Crippen LogP contribution in [0.25, 0.3) is 0 Å². The van der Waals surface area contributed by atoms with Gasteiger partial charge in [0, 0.05) is 24.5 Å². The van der Waals surface area contributed by atoms with Crippen molar-refractivity contribution in [3.63, 3.8) is 0 Å². The molecule has 2 amide bonds. The van der Waals surface area contributed by atoms with Gasteiger partial charge in [-0.2, -0.15) is 0 Å².